The normalized spacial score (nSPS) is 17.9. The molecule has 2 rings (SSSR count). The average Bonchev–Trinajstić information content (AvgIpc) is 3.09. The van der Waals surface area contributed by atoms with Crippen LogP contribution in [0.15, 0.2) is 18.2 Å². The van der Waals surface area contributed by atoms with E-state index in [1.807, 2.05) is 13.8 Å². The first-order chi connectivity index (χ1) is 13.4. The van der Waals surface area contributed by atoms with Crippen LogP contribution in [0.25, 0.3) is 0 Å². The number of benzene rings is 1. The monoisotopic (exact) mass is 423 g/mol. The van der Waals surface area contributed by atoms with E-state index in [2.05, 4.69) is 5.32 Å². The van der Waals surface area contributed by atoms with Crippen LogP contribution in [0.3, 0.4) is 0 Å². The van der Waals surface area contributed by atoms with Gasteiger partial charge in [0.1, 0.15) is 17.7 Å². The zero-order valence-electron chi connectivity index (χ0n) is 17.6. The van der Waals surface area contributed by atoms with Gasteiger partial charge in [0.05, 0.1) is 10.7 Å². The summed E-state index contributed by atoms with van der Waals surface area (Å²) in [4.78, 5) is 40.0. The minimum absolute atomic E-state index is 0.171. The molecule has 8 heteroatoms. The van der Waals surface area contributed by atoms with Gasteiger partial charge in [-0.25, -0.2) is 4.79 Å². The summed E-state index contributed by atoms with van der Waals surface area (Å²) in [6.07, 6.45) is 1.26. The standard InChI is InChI=1S/C21H30ClN3O4/c1-12(2)17(24-18(26)13-8-9-15(23)14(22)11-13)19(27)25-10-6-7-16(25)20(28)29-21(3,4)5/h8-9,11-12,16-17H,6-7,10,23H2,1-5H3,(H,24,26). The Morgan fingerprint density at radius 2 is 1.93 bits per heavy atom. The zero-order chi connectivity index (χ0) is 21.9. The Kier molecular flexibility index (Phi) is 7.16. The van der Waals surface area contributed by atoms with E-state index in [9.17, 15) is 14.4 Å². The molecule has 3 N–H and O–H groups in total. The van der Waals surface area contributed by atoms with Crippen LogP contribution in [0.5, 0.6) is 0 Å². The molecule has 0 bridgehead atoms. The lowest BCUT2D eigenvalue weighted by atomic mass is 10.0. The van der Waals surface area contributed by atoms with Crippen molar-refractivity contribution >= 4 is 35.1 Å². The molecule has 0 radical (unpaired) electrons. The molecule has 1 aromatic rings. The first kappa shape index (κ1) is 23.0. The summed E-state index contributed by atoms with van der Waals surface area (Å²) in [5, 5.41) is 3.05. The van der Waals surface area contributed by atoms with Crippen molar-refractivity contribution in [2.45, 2.75) is 65.1 Å². The van der Waals surface area contributed by atoms with Gasteiger partial charge in [-0.15, -0.1) is 0 Å². The van der Waals surface area contributed by atoms with Crippen molar-refractivity contribution in [1.82, 2.24) is 10.2 Å². The first-order valence-corrected chi connectivity index (χ1v) is 10.2. The van der Waals surface area contributed by atoms with Gasteiger partial charge in [0.2, 0.25) is 5.91 Å². The second kappa shape index (κ2) is 9.03. The maximum atomic E-state index is 13.2. The van der Waals surface area contributed by atoms with E-state index in [1.165, 1.54) is 11.0 Å². The van der Waals surface area contributed by atoms with Gasteiger partial charge in [-0.1, -0.05) is 25.4 Å². The second-order valence-corrected chi connectivity index (χ2v) is 9.06. The molecule has 0 aliphatic carbocycles. The van der Waals surface area contributed by atoms with Crippen LogP contribution in [0.1, 0.15) is 57.8 Å². The van der Waals surface area contributed by atoms with Crippen LogP contribution in [0, 0.1) is 5.92 Å². The molecule has 0 spiro atoms. The van der Waals surface area contributed by atoms with Crippen molar-refractivity contribution in [3.63, 3.8) is 0 Å². The van der Waals surface area contributed by atoms with Gasteiger partial charge in [-0.2, -0.15) is 0 Å². The lowest BCUT2D eigenvalue weighted by Crippen LogP contribution is -2.54. The summed E-state index contributed by atoms with van der Waals surface area (Å²) < 4.78 is 5.47. The number of nitrogens with one attached hydrogen (secondary N) is 1. The van der Waals surface area contributed by atoms with E-state index in [-0.39, 0.29) is 16.8 Å². The van der Waals surface area contributed by atoms with E-state index in [4.69, 9.17) is 22.1 Å². The Labute approximate surface area is 176 Å². The Morgan fingerprint density at radius 3 is 2.48 bits per heavy atom. The predicted molar refractivity (Wildman–Crippen MR) is 113 cm³/mol. The minimum atomic E-state index is -0.776. The summed E-state index contributed by atoms with van der Waals surface area (Å²) in [7, 11) is 0. The molecule has 160 valence electrons. The number of hydrogen-bond acceptors (Lipinski definition) is 5. The molecule has 2 unspecified atom stereocenters. The fourth-order valence-electron chi connectivity index (χ4n) is 3.23. The van der Waals surface area contributed by atoms with Gasteiger partial charge in [0.25, 0.3) is 5.91 Å². The highest BCUT2D eigenvalue weighted by atomic mass is 35.5. The van der Waals surface area contributed by atoms with Crippen LogP contribution in [-0.4, -0.2) is 46.9 Å². The quantitative estimate of drug-likeness (QED) is 0.559. The maximum Gasteiger partial charge on any atom is 0.329 e. The molecular formula is C21H30ClN3O4. The number of carbonyl (C=O) groups is 3. The molecule has 1 aliphatic rings. The Morgan fingerprint density at radius 1 is 1.28 bits per heavy atom. The number of nitrogens with two attached hydrogens (primary N) is 1. The van der Waals surface area contributed by atoms with E-state index < -0.39 is 29.6 Å². The third-order valence-corrected chi connectivity index (χ3v) is 5.02. The first-order valence-electron chi connectivity index (χ1n) is 9.80. The van der Waals surface area contributed by atoms with Crippen molar-refractivity contribution < 1.29 is 19.1 Å². The summed E-state index contributed by atoms with van der Waals surface area (Å²) in [5.41, 5.74) is 5.74. The van der Waals surface area contributed by atoms with Crippen molar-refractivity contribution in [2.24, 2.45) is 5.92 Å². The average molecular weight is 424 g/mol. The summed E-state index contributed by atoms with van der Waals surface area (Å²) >= 11 is 6.00. The number of likely N-dealkylation sites (tertiary alicyclic amines) is 1. The molecule has 0 aromatic heterocycles. The predicted octanol–water partition coefficient (Wildman–Crippen LogP) is 3.01. The number of carbonyl (C=O) groups excluding carboxylic acids is 3. The van der Waals surface area contributed by atoms with Crippen molar-refractivity contribution in [2.75, 3.05) is 12.3 Å². The van der Waals surface area contributed by atoms with Crippen molar-refractivity contribution in [3.8, 4) is 0 Å². The topological polar surface area (TPSA) is 102 Å². The van der Waals surface area contributed by atoms with E-state index in [1.54, 1.807) is 32.9 Å². The SMILES string of the molecule is CC(C)C(NC(=O)c1ccc(N)c(Cl)c1)C(=O)N1CCCC1C(=O)OC(C)(C)C. The molecule has 0 saturated carbocycles. The Bertz CT molecular complexity index is 789. The van der Waals surface area contributed by atoms with Gasteiger partial charge in [-0.3, -0.25) is 9.59 Å². The Hall–Kier alpha value is -2.28. The second-order valence-electron chi connectivity index (χ2n) is 8.65. The molecule has 29 heavy (non-hydrogen) atoms. The van der Waals surface area contributed by atoms with E-state index in [0.717, 1.165) is 0 Å². The number of amides is 2. The van der Waals surface area contributed by atoms with Crippen LogP contribution in [0.2, 0.25) is 5.02 Å². The van der Waals surface area contributed by atoms with Gasteiger partial charge >= 0.3 is 5.97 Å². The molecule has 1 saturated heterocycles. The number of esters is 1. The maximum absolute atomic E-state index is 13.2. The Balaban J connectivity index is 2.16. The van der Waals surface area contributed by atoms with E-state index in [0.29, 0.717) is 30.6 Å². The van der Waals surface area contributed by atoms with Crippen LogP contribution in [-0.2, 0) is 14.3 Å². The minimum Gasteiger partial charge on any atom is -0.458 e. The van der Waals surface area contributed by atoms with Crippen LogP contribution < -0.4 is 11.1 Å². The summed E-state index contributed by atoms with van der Waals surface area (Å²) in [5.74, 6) is -1.30. The number of rotatable bonds is 5. The lowest BCUT2D eigenvalue weighted by molar-refractivity contribution is -0.163. The molecule has 2 atom stereocenters. The highest BCUT2D eigenvalue weighted by molar-refractivity contribution is 6.33. The number of hydrogen-bond donors (Lipinski definition) is 2. The molecule has 1 heterocycles. The molecule has 2 amide bonds. The third kappa shape index (κ3) is 5.85. The smallest absolute Gasteiger partial charge is 0.329 e. The van der Waals surface area contributed by atoms with E-state index >= 15 is 0 Å². The zero-order valence-corrected chi connectivity index (χ0v) is 18.4. The van der Waals surface area contributed by atoms with Crippen LogP contribution in [0.4, 0.5) is 5.69 Å². The molecule has 1 aromatic carbocycles. The van der Waals surface area contributed by atoms with Crippen molar-refractivity contribution in [3.05, 3.63) is 28.8 Å². The van der Waals surface area contributed by atoms with Gasteiger partial charge < -0.3 is 20.7 Å². The number of ether oxygens (including phenoxy) is 1. The van der Waals surface area contributed by atoms with Crippen LogP contribution >= 0.6 is 11.6 Å². The van der Waals surface area contributed by atoms with Gasteiger partial charge in [0, 0.05) is 12.1 Å². The number of anilines is 1. The number of nitrogen functional groups attached to an aromatic ring is 1. The fraction of sp³-hybridized carbons (Fsp3) is 0.571. The third-order valence-electron chi connectivity index (χ3n) is 4.70. The molecule has 7 nitrogen and oxygen atoms in total. The molecule has 1 aliphatic heterocycles. The highest BCUT2D eigenvalue weighted by Gasteiger charge is 2.40. The molecular weight excluding hydrogens is 394 g/mol. The molecule has 1 fully saturated rings. The highest BCUT2D eigenvalue weighted by Crippen LogP contribution is 2.24. The number of halogens is 1. The van der Waals surface area contributed by atoms with Crippen molar-refractivity contribution in [1.29, 1.82) is 0 Å². The summed E-state index contributed by atoms with van der Waals surface area (Å²) in [6.45, 7) is 9.52. The number of nitrogens with zero attached hydrogens (tertiary/aromatic N) is 1. The van der Waals surface area contributed by atoms with Gasteiger partial charge in [0.15, 0.2) is 0 Å². The largest absolute Gasteiger partial charge is 0.458 e. The fourth-order valence-corrected chi connectivity index (χ4v) is 3.41. The van der Waals surface area contributed by atoms with Gasteiger partial charge in [-0.05, 0) is 57.7 Å². The summed E-state index contributed by atoms with van der Waals surface area (Å²) in [6, 6.07) is 3.15. The lowest BCUT2D eigenvalue weighted by Gasteiger charge is -2.31.